The van der Waals surface area contributed by atoms with Crippen molar-refractivity contribution in [2.75, 3.05) is 0 Å². The fraction of sp³-hybridized carbons (Fsp3) is 0.111. The van der Waals surface area contributed by atoms with Crippen LogP contribution in [0.1, 0.15) is 17.3 Å². The average molecular weight is 160 g/mol. The lowest BCUT2D eigenvalue weighted by Gasteiger charge is -2.16. The van der Waals surface area contributed by atoms with Crippen LogP contribution in [0.3, 0.4) is 0 Å². The summed E-state index contributed by atoms with van der Waals surface area (Å²) in [6.07, 6.45) is 6.20. The molecule has 3 heteroatoms. The van der Waals surface area contributed by atoms with Gasteiger partial charge in [0.15, 0.2) is 0 Å². The zero-order valence-corrected chi connectivity index (χ0v) is 6.40. The van der Waals surface area contributed by atoms with Crippen LogP contribution in [0.25, 0.3) is 6.08 Å². The fourth-order valence-corrected chi connectivity index (χ4v) is 1.27. The maximum atomic E-state index is 10.6. The van der Waals surface area contributed by atoms with Crippen molar-refractivity contribution in [3.8, 4) is 0 Å². The summed E-state index contributed by atoms with van der Waals surface area (Å²) in [5, 5.41) is 2.94. The van der Waals surface area contributed by atoms with Gasteiger partial charge in [0.1, 0.15) is 12.3 Å². The zero-order chi connectivity index (χ0) is 8.39. The highest BCUT2D eigenvalue weighted by Crippen LogP contribution is 2.18. The number of pyridine rings is 1. The molecule has 0 aliphatic carbocycles. The van der Waals surface area contributed by atoms with E-state index >= 15 is 0 Å². The Kier molecular flexibility index (Phi) is 1.63. The van der Waals surface area contributed by atoms with Crippen LogP contribution in [-0.4, -0.2) is 11.3 Å². The Morgan fingerprint density at radius 3 is 3.33 bits per heavy atom. The molecule has 0 radical (unpaired) electrons. The predicted molar refractivity (Wildman–Crippen MR) is 45.2 cm³/mol. The summed E-state index contributed by atoms with van der Waals surface area (Å²) < 4.78 is 0. The molecule has 1 unspecified atom stereocenters. The molecule has 0 spiro atoms. The van der Waals surface area contributed by atoms with Crippen LogP contribution >= 0.6 is 0 Å². The summed E-state index contributed by atoms with van der Waals surface area (Å²) in [5.74, 6) is 0. The summed E-state index contributed by atoms with van der Waals surface area (Å²) in [6.45, 7) is 0. The third kappa shape index (κ3) is 0.993. The molecule has 12 heavy (non-hydrogen) atoms. The van der Waals surface area contributed by atoms with Crippen LogP contribution < -0.4 is 5.32 Å². The van der Waals surface area contributed by atoms with Gasteiger partial charge in [0, 0.05) is 11.8 Å². The van der Waals surface area contributed by atoms with Crippen molar-refractivity contribution in [2.45, 2.75) is 6.04 Å². The van der Waals surface area contributed by atoms with E-state index in [1.54, 1.807) is 12.4 Å². The molecule has 1 aromatic heterocycles. The smallest absolute Gasteiger partial charge is 0.146 e. The van der Waals surface area contributed by atoms with Crippen molar-refractivity contribution in [3.63, 3.8) is 0 Å². The van der Waals surface area contributed by atoms with Crippen LogP contribution in [0.15, 0.2) is 24.5 Å². The lowest BCUT2D eigenvalue weighted by Crippen LogP contribution is -2.21. The Bertz CT molecular complexity index is 333. The van der Waals surface area contributed by atoms with Gasteiger partial charge in [-0.2, -0.15) is 0 Å². The van der Waals surface area contributed by atoms with E-state index in [1.807, 2.05) is 18.2 Å². The van der Waals surface area contributed by atoms with Gasteiger partial charge in [-0.1, -0.05) is 6.07 Å². The molecular formula is C9H8N2O. The summed E-state index contributed by atoms with van der Waals surface area (Å²) in [6, 6.07) is 3.49. The first kappa shape index (κ1) is 7.03. The average Bonchev–Trinajstić information content (AvgIpc) is 2.17. The first-order valence-electron chi connectivity index (χ1n) is 3.74. The van der Waals surface area contributed by atoms with Crippen LogP contribution in [0.5, 0.6) is 0 Å². The minimum atomic E-state index is -0.237. The molecule has 0 saturated heterocycles. The fourth-order valence-electron chi connectivity index (χ4n) is 1.27. The minimum Gasteiger partial charge on any atom is -0.378 e. The summed E-state index contributed by atoms with van der Waals surface area (Å²) in [7, 11) is 0. The lowest BCUT2D eigenvalue weighted by molar-refractivity contribution is -0.109. The van der Waals surface area contributed by atoms with Crippen LogP contribution in [-0.2, 0) is 4.79 Å². The van der Waals surface area contributed by atoms with Crippen molar-refractivity contribution in [3.05, 3.63) is 35.8 Å². The monoisotopic (exact) mass is 160 g/mol. The molecule has 0 fully saturated rings. The normalized spacial score (nSPS) is 19.5. The highest BCUT2D eigenvalue weighted by atomic mass is 16.1. The quantitative estimate of drug-likeness (QED) is 0.620. The summed E-state index contributed by atoms with van der Waals surface area (Å²) >= 11 is 0. The maximum absolute atomic E-state index is 10.6. The van der Waals surface area contributed by atoms with E-state index in [9.17, 15) is 4.79 Å². The summed E-state index contributed by atoms with van der Waals surface area (Å²) in [4.78, 5) is 14.7. The molecule has 0 aromatic carbocycles. The number of aromatic nitrogens is 1. The molecule has 0 bridgehead atoms. The number of fused-ring (bicyclic) bond motifs is 1. The Balaban J connectivity index is 2.52. The first-order chi connectivity index (χ1) is 5.92. The number of rotatable bonds is 1. The van der Waals surface area contributed by atoms with E-state index in [1.165, 1.54) is 0 Å². The molecule has 1 N–H and O–H groups in total. The Morgan fingerprint density at radius 2 is 2.50 bits per heavy atom. The molecule has 0 amide bonds. The summed E-state index contributed by atoms with van der Waals surface area (Å²) in [5.41, 5.74) is 1.81. The van der Waals surface area contributed by atoms with E-state index in [-0.39, 0.29) is 6.04 Å². The maximum Gasteiger partial charge on any atom is 0.146 e. The lowest BCUT2D eigenvalue weighted by atomic mass is 10.0. The van der Waals surface area contributed by atoms with Crippen molar-refractivity contribution in [1.29, 1.82) is 0 Å². The van der Waals surface area contributed by atoms with Crippen LogP contribution in [0.4, 0.5) is 0 Å². The molecular weight excluding hydrogens is 152 g/mol. The van der Waals surface area contributed by atoms with Gasteiger partial charge in [-0.25, -0.2) is 0 Å². The molecule has 2 heterocycles. The Morgan fingerprint density at radius 1 is 1.58 bits per heavy atom. The Labute approximate surface area is 70.1 Å². The van der Waals surface area contributed by atoms with Gasteiger partial charge in [-0.3, -0.25) is 4.98 Å². The third-order valence-electron chi connectivity index (χ3n) is 1.86. The first-order valence-corrected chi connectivity index (χ1v) is 3.74. The molecule has 1 aliphatic rings. The third-order valence-corrected chi connectivity index (χ3v) is 1.86. The number of carbonyl (C=O) groups is 1. The van der Waals surface area contributed by atoms with Gasteiger partial charge < -0.3 is 10.1 Å². The minimum absolute atomic E-state index is 0.237. The van der Waals surface area contributed by atoms with Gasteiger partial charge in [0.05, 0.1) is 5.69 Å². The van der Waals surface area contributed by atoms with Gasteiger partial charge in [-0.05, 0) is 18.3 Å². The van der Waals surface area contributed by atoms with Crippen molar-refractivity contribution in [2.24, 2.45) is 0 Å². The van der Waals surface area contributed by atoms with E-state index in [2.05, 4.69) is 10.3 Å². The molecule has 60 valence electrons. The molecule has 1 atom stereocenters. The number of hydrogen-bond donors (Lipinski definition) is 1. The van der Waals surface area contributed by atoms with E-state index in [4.69, 9.17) is 0 Å². The predicted octanol–water partition coefficient (Wildman–Crippen LogP) is 0.896. The van der Waals surface area contributed by atoms with Gasteiger partial charge in [0.25, 0.3) is 0 Å². The largest absolute Gasteiger partial charge is 0.378 e. The van der Waals surface area contributed by atoms with Crippen LogP contribution in [0, 0.1) is 0 Å². The van der Waals surface area contributed by atoms with Crippen molar-refractivity contribution in [1.82, 2.24) is 10.3 Å². The van der Waals surface area contributed by atoms with Gasteiger partial charge in [0.2, 0.25) is 0 Å². The number of nitrogens with one attached hydrogen (secondary N) is 1. The molecule has 3 nitrogen and oxygen atoms in total. The van der Waals surface area contributed by atoms with Gasteiger partial charge >= 0.3 is 0 Å². The van der Waals surface area contributed by atoms with E-state index < -0.39 is 0 Å². The highest BCUT2D eigenvalue weighted by molar-refractivity contribution is 5.68. The SMILES string of the molecule is O=CC1NC=Cc2ncccc21. The number of hydrogen-bond acceptors (Lipinski definition) is 3. The second-order valence-electron chi connectivity index (χ2n) is 2.59. The molecule has 1 aliphatic heterocycles. The molecule has 1 aromatic rings. The number of nitrogens with zero attached hydrogens (tertiary/aromatic N) is 1. The second kappa shape index (κ2) is 2.77. The van der Waals surface area contributed by atoms with Crippen molar-refractivity contribution < 1.29 is 4.79 Å². The standard InChI is InChI=1S/C9H8N2O/c12-6-9-7-2-1-4-10-8(7)3-5-11-9/h1-6,9,11H. The number of aldehydes is 1. The topological polar surface area (TPSA) is 42.0 Å². The molecule has 2 rings (SSSR count). The number of carbonyl (C=O) groups excluding carboxylic acids is 1. The van der Waals surface area contributed by atoms with Gasteiger partial charge in [-0.15, -0.1) is 0 Å². The highest BCUT2D eigenvalue weighted by Gasteiger charge is 2.14. The second-order valence-corrected chi connectivity index (χ2v) is 2.59. The van der Waals surface area contributed by atoms with Crippen molar-refractivity contribution >= 4 is 12.4 Å². The van der Waals surface area contributed by atoms with E-state index in [0.717, 1.165) is 17.5 Å². The molecule has 0 saturated carbocycles. The Hall–Kier alpha value is -1.64. The van der Waals surface area contributed by atoms with E-state index in [0.29, 0.717) is 0 Å². The zero-order valence-electron chi connectivity index (χ0n) is 6.40. The van der Waals surface area contributed by atoms with Crippen LogP contribution in [0.2, 0.25) is 0 Å².